The topological polar surface area (TPSA) is 64.9 Å². The van der Waals surface area contributed by atoms with Gasteiger partial charge in [-0.05, 0) is 37.7 Å². The van der Waals surface area contributed by atoms with Crippen molar-refractivity contribution in [3.63, 3.8) is 0 Å². The van der Waals surface area contributed by atoms with Crippen molar-refractivity contribution in [1.82, 2.24) is 10.1 Å². The maximum Gasteiger partial charge on any atom is 0.251 e. The van der Waals surface area contributed by atoms with Gasteiger partial charge in [-0.15, -0.1) is 0 Å². The van der Waals surface area contributed by atoms with Crippen LogP contribution in [0.4, 0.5) is 0 Å². The molecule has 1 heterocycles. The molecule has 0 spiro atoms. The summed E-state index contributed by atoms with van der Waals surface area (Å²) in [5, 5.41) is 4.16. The van der Waals surface area contributed by atoms with Gasteiger partial charge in [-0.1, -0.05) is 42.4 Å². The summed E-state index contributed by atoms with van der Waals surface area (Å²) in [5.41, 5.74) is 6.64. The Morgan fingerprint density at radius 2 is 2.00 bits per heavy atom. The van der Waals surface area contributed by atoms with Crippen molar-refractivity contribution >= 4 is 0 Å². The highest BCUT2D eigenvalue weighted by Crippen LogP contribution is 2.37. The highest BCUT2D eigenvalue weighted by molar-refractivity contribution is 5.29. The molecule has 1 aliphatic carbocycles. The van der Waals surface area contributed by atoms with Crippen molar-refractivity contribution in [2.45, 2.75) is 44.6 Å². The van der Waals surface area contributed by atoms with Crippen LogP contribution in [-0.4, -0.2) is 10.1 Å². The summed E-state index contributed by atoms with van der Waals surface area (Å²) in [7, 11) is 0. The molecule has 3 rings (SSSR count). The van der Waals surface area contributed by atoms with E-state index < -0.39 is 5.54 Å². The SMILES string of the molecule is CC1CCC(c2noc(C(C)(N)c3ccccc3)n2)C1. The number of benzene rings is 1. The lowest BCUT2D eigenvalue weighted by Gasteiger charge is -2.20. The Kier molecular flexibility index (Phi) is 3.34. The predicted octanol–water partition coefficient (Wildman–Crippen LogP) is 3.20. The monoisotopic (exact) mass is 271 g/mol. The van der Waals surface area contributed by atoms with Crippen LogP contribution in [0.2, 0.25) is 0 Å². The second kappa shape index (κ2) is 5.02. The van der Waals surface area contributed by atoms with E-state index in [1.165, 1.54) is 6.42 Å². The van der Waals surface area contributed by atoms with Crippen LogP contribution in [0.1, 0.15) is 56.3 Å². The van der Waals surface area contributed by atoms with Crippen LogP contribution in [0.5, 0.6) is 0 Å². The fraction of sp³-hybridized carbons (Fsp3) is 0.500. The Balaban J connectivity index is 1.86. The first-order chi connectivity index (χ1) is 9.57. The molecule has 2 aromatic rings. The van der Waals surface area contributed by atoms with E-state index in [1.54, 1.807) is 0 Å². The van der Waals surface area contributed by atoms with Crippen LogP contribution >= 0.6 is 0 Å². The molecule has 4 nitrogen and oxygen atoms in total. The molecule has 1 saturated carbocycles. The molecule has 4 heteroatoms. The minimum Gasteiger partial charge on any atom is -0.337 e. The van der Waals surface area contributed by atoms with Crippen molar-refractivity contribution in [1.29, 1.82) is 0 Å². The van der Waals surface area contributed by atoms with Crippen LogP contribution in [0.15, 0.2) is 34.9 Å². The van der Waals surface area contributed by atoms with Gasteiger partial charge in [-0.25, -0.2) is 0 Å². The third-order valence-corrected chi connectivity index (χ3v) is 4.32. The van der Waals surface area contributed by atoms with E-state index in [-0.39, 0.29) is 0 Å². The minimum atomic E-state index is -0.739. The number of nitrogens with zero attached hydrogens (tertiary/aromatic N) is 2. The van der Waals surface area contributed by atoms with Gasteiger partial charge >= 0.3 is 0 Å². The Morgan fingerprint density at radius 1 is 1.25 bits per heavy atom. The number of hydrogen-bond donors (Lipinski definition) is 1. The van der Waals surface area contributed by atoms with Crippen LogP contribution in [-0.2, 0) is 5.54 Å². The van der Waals surface area contributed by atoms with Gasteiger partial charge in [0, 0.05) is 5.92 Å². The average molecular weight is 271 g/mol. The van der Waals surface area contributed by atoms with Gasteiger partial charge in [0.05, 0.1) is 0 Å². The third-order valence-electron chi connectivity index (χ3n) is 4.32. The van der Waals surface area contributed by atoms with Gasteiger partial charge in [0.15, 0.2) is 5.82 Å². The molecular weight excluding hydrogens is 250 g/mol. The number of hydrogen-bond acceptors (Lipinski definition) is 4. The van der Waals surface area contributed by atoms with Gasteiger partial charge in [0.2, 0.25) is 0 Å². The molecule has 0 radical (unpaired) electrons. The molecule has 1 fully saturated rings. The summed E-state index contributed by atoms with van der Waals surface area (Å²) in [6.45, 7) is 4.19. The zero-order valence-corrected chi connectivity index (χ0v) is 12.0. The quantitative estimate of drug-likeness (QED) is 0.931. The Labute approximate surface area is 119 Å². The molecule has 1 aromatic heterocycles. The molecule has 0 aliphatic heterocycles. The Morgan fingerprint density at radius 3 is 2.65 bits per heavy atom. The average Bonchev–Trinajstić information content (AvgIpc) is 3.08. The van der Waals surface area contributed by atoms with Crippen LogP contribution in [0.25, 0.3) is 0 Å². The first-order valence-electron chi connectivity index (χ1n) is 7.26. The van der Waals surface area contributed by atoms with E-state index in [0.717, 1.165) is 30.1 Å². The second-order valence-electron chi connectivity index (χ2n) is 6.14. The van der Waals surface area contributed by atoms with E-state index in [9.17, 15) is 0 Å². The van der Waals surface area contributed by atoms with Gasteiger partial charge in [-0.3, -0.25) is 0 Å². The highest BCUT2D eigenvalue weighted by atomic mass is 16.5. The Bertz CT molecular complexity index is 576. The van der Waals surface area contributed by atoms with Crippen LogP contribution in [0, 0.1) is 5.92 Å². The van der Waals surface area contributed by atoms with E-state index in [2.05, 4.69) is 17.1 Å². The van der Waals surface area contributed by atoms with Gasteiger partial charge < -0.3 is 10.3 Å². The fourth-order valence-corrected chi connectivity index (χ4v) is 2.96. The molecule has 0 amide bonds. The molecule has 1 aromatic carbocycles. The maximum absolute atomic E-state index is 6.40. The molecule has 1 aliphatic rings. The molecule has 3 unspecified atom stereocenters. The minimum absolute atomic E-state index is 0.425. The van der Waals surface area contributed by atoms with Crippen molar-refractivity contribution in [3.8, 4) is 0 Å². The third kappa shape index (κ3) is 2.36. The summed E-state index contributed by atoms with van der Waals surface area (Å²) in [5.74, 6) is 2.49. The van der Waals surface area contributed by atoms with Crippen molar-refractivity contribution in [2.24, 2.45) is 11.7 Å². The molecule has 0 bridgehead atoms. The summed E-state index contributed by atoms with van der Waals surface area (Å²) < 4.78 is 5.45. The zero-order valence-electron chi connectivity index (χ0n) is 12.0. The molecule has 2 N–H and O–H groups in total. The first kappa shape index (κ1) is 13.3. The van der Waals surface area contributed by atoms with Crippen LogP contribution in [0.3, 0.4) is 0 Å². The lowest BCUT2D eigenvalue weighted by Crippen LogP contribution is -2.34. The molecule has 3 atom stereocenters. The summed E-state index contributed by atoms with van der Waals surface area (Å²) in [4.78, 5) is 4.57. The highest BCUT2D eigenvalue weighted by Gasteiger charge is 2.33. The largest absolute Gasteiger partial charge is 0.337 e. The van der Waals surface area contributed by atoms with Crippen LogP contribution < -0.4 is 5.73 Å². The maximum atomic E-state index is 6.40. The van der Waals surface area contributed by atoms with Crippen molar-refractivity contribution in [3.05, 3.63) is 47.6 Å². The van der Waals surface area contributed by atoms with E-state index in [1.807, 2.05) is 37.3 Å². The van der Waals surface area contributed by atoms with E-state index >= 15 is 0 Å². The van der Waals surface area contributed by atoms with Gasteiger partial charge in [0.1, 0.15) is 5.54 Å². The second-order valence-corrected chi connectivity index (χ2v) is 6.14. The lowest BCUT2D eigenvalue weighted by atomic mass is 9.93. The number of nitrogens with two attached hydrogens (primary N) is 1. The standard InChI is InChI=1S/C16H21N3O/c1-11-8-9-12(10-11)14-18-15(20-19-14)16(2,17)13-6-4-3-5-7-13/h3-7,11-12H,8-10,17H2,1-2H3. The van der Waals surface area contributed by atoms with Gasteiger partial charge in [0.25, 0.3) is 5.89 Å². The predicted molar refractivity (Wildman–Crippen MR) is 77.1 cm³/mol. The summed E-state index contributed by atoms with van der Waals surface area (Å²) >= 11 is 0. The molecule has 0 saturated heterocycles. The lowest BCUT2D eigenvalue weighted by molar-refractivity contribution is 0.321. The summed E-state index contributed by atoms with van der Waals surface area (Å²) in [6.07, 6.45) is 3.53. The van der Waals surface area contributed by atoms with Gasteiger partial charge in [-0.2, -0.15) is 4.98 Å². The first-order valence-corrected chi connectivity index (χ1v) is 7.26. The normalized spacial score (nSPS) is 25.6. The molecular formula is C16H21N3O. The van der Waals surface area contributed by atoms with E-state index in [0.29, 0.717) is 11.8 Å². The van der Waals surface area contributed by atoms with Crippen molar-refractivity contribution in [2.75, 3.05) is 0 Å². The molecule has 20 heavy (non-hydrogen) atoms. The number of aromatic nitrogens is 2. The van der Waals surface area contributed by atoms with E-state index in [4.69, 9.17) is 10.3 Å². The zero-order chi connectivity index (χ0) is 14.2. The fourth-order valence-electron chi connectivity index (χ4n) is 2.96. The summed E-state index contributed by atoms with van der Waals surface area (Å²) in [6, 6.07) is 9.88. The smallest absolute Gasteiger partial charge is 0.251 e. The number of rotatable bonds is 3. The van der Waals surface area contributed by atoms with Crippen molar-refractivity contribution < 1.29 is 4.52 Å². The Hall–Kier alpha value is -1.68. The molecule has 106 valence electrons.